The molecule has 2 rings (SSSR count). The highest BCUT2D eigenvalue weighted by atomic mass is 16.3. The average molecular weight is 303 g/mol. The van der Waals surface area contributed by atoms with E-state index < -0.39 is 6.04 Å². The van der Waals surface area contributed by atoms with Crippen LogP contribution in [0.2, 0.25) is 0 Å². The van der Waals surface area contributed by atoms with E-state index >= 15 is 0 Å². The SMILES string of the molecule is CCN(CCO)C(=O)C(Cc1ccccc1)n1nnnc1C. The Bertz CT molecular complexity index is 599. The van der Waals surface area contributed by atoms with Crippen molar-refractivity contribution in [2.45, 2.75) is 26.3 Å². The van der Waals surface area contributed by atoms with Crippen LogP contribution in [-0.2, 0) is 11.2 Å². The Kier molecular flexibility index (Phi) is 5.60. The molecule has 118 valence electrons. The van der Waals surface area contributed by atoms with Gasteiger partial charge in [-0.2, -0.15) is 0 Å². The molecule has 1 atom stereocenters. The van der Waals surface area contributed by atoms with E-state index in [1.54, 1.807) is 16.5 Å². The second kappa shape index (κ2) is 7.65. The number of aliphatic hydroxyl groups excluding tert-OH is 1. The van der Waals surface area contributed by atoms with E-state index in [0.29, 0.717) is 25.3 Å². The predicted molar refractivity (Wildman–Crippen MR) is 81.1 cm³/mol. The van der Waals surface area contributed by atoms with E-state index in [1.807, 2.05) is 37.3 Å². The fraction of sp³-hybridized carbons (Fsp3) is 0.467. The average Bonchev–Trinajstić information content (AvgIpc) is 2.96. The number of rotatable bonds is 7. The van der Waals surface area contributed by atoms with Crippen LogP contribution in [0.3, 0.4) is 0 Å². The van der Waals surface area contributed by atoms with E-state index in [4.69, 9.17) is 5.11 Å². The molecule has 0 aliphatic rings. The first-order valence-electron chi connectivity index (χ1n) is 7.35. The number of hydrogen-bond acceptors (Lipinski definition) is 5. The van der Waals surface area contributed by atoms with Crippen LogP contribution >= 0.6 is 0 Å². The molecule has 22 heavy (non-hydrogen) atoms. The predicted octanol–water partition coefficient (Wildman–Crippen LogP) is 0.606. The van der Waals surface area contributed by atoms with Gasteiger partial charge >= 0.3 is 0 Å². The van der Waals surface area contributed by atoms with Crippen LogP contribution in [0, 0.1) is 6.92 Å². The summed E-state index contributed by atoms with van der Waals surface area (Å²) in [5.74, 6) is 0.505. The summed E-state index contributed by atoms with van der Waals surface area (Å²) in [6.45, 7) is 4.44. The summed E-state index contributed by atoms with van der Waals surface area (Å²) in [4.78, 5) is 14.4. The molecule has 0 aliphatic carbocycles. The first kappa shape index (κ1) is 16.1. The number of carbonyl (C=O) groups is 1. The van der Waals surface area contributed by atoms with Crippen LogP contribution in [0.15, 0.2) is 30.3 Å². The molecule has 1 amide bonds. The maximum absolute atomic E-state index is 12.8. The van der Waals surface area contributed by atoms with Crippen molar-refractivity contribution in [3.63, 3.8) is 0 Å². The van der Waals surface area contributed by atoms with Crippen molar-refractivity contribution in [2.24, 2.45) is 0 Å². The molecule has 1 heterocycles. The Morgan fingerprint density at radius 1 is 1.36 bits per heavy atom. The van der Waals surface area contributed by atoms with Gasteiger partial charge < -0.3 is 10.0 Å². The number of aryl methyl sites for hydroxylation is 1. The van der Waals surface area contributed by atoms with Gasteiger partial charge in [0.1, 0.15) is 11.9 Å². The zero-order valence-corrected chi connectivity index (χ0v) is 12.9. The van der Waals surface area contributed by atoms with Crippen LogP contribution in [0.25, 0.3) is 0 Å². The van der Waals surface area contributed by atoms with E-state index in [1.165, 1.54) is 0 Å². The number of likely N-dealkylation sites (N-methyl/N-ethyl adjacent to an activating group) is 1. The molecule has 1 aromatic heterocycles. The van der Waals surface area contributed by atoms with Gasteiger partial charge in [-0.1, -0.05) is 30.3 Å². The fourth-order valence-corrected chi connectivity index (χ4v) is 2.40. The number of aromatic nitrogens is 4. The first-order valence-corrected chi connectivity index (χ1v) is 7.35. The molecule has 0 fully saturated rings. The van der Waals surface area contributed by atoms with Crippen LogP contribution in [0.5, 0.6) is 0 Å². The zero-order valence-electron chi connectivity index (χ0n) is 12.9. The second-order valence-corrected chi connectivity index (χ2v) is 5.02. The maximum Gasteiger partial charge on any atom is 0.248 e. The number of benzene rings is 1. The zero-order chi connectivity index (χ0) is 15.9. The lowest BCUT2D eigenvalue weighted by Crippen LogP contribution is -2.40. The third kappa shape index (κ3) is 3.67. The summed E-state index contributed by atoms with van der Waals surface area (Å²) in [7, 11) is 0. The molecule has 0 radical (unpaired) electrons. The van der Waals surface area contributed by atoms with Crippen LogP contribution in [0.4, 0.5) is 0 Å². The minimum Gasteiger partial charge on any atom is -0.395 e. The molecule has 7 heteroatoms. The number of nitrogens with zero attached hydrogens (tertiary/aromatic N) is 5. The molecule has 0 saturated carbocycles. The van der Waals surface area contributed by atoms with Gasteiger partial charge in [-0.05, 0) is 29.8 Å². The highest BCUT2D eigenvalue weighted by Crippen LogP contribution is 2.17. The number of carbonyl (C=O) groups excluding carboxylic acids is 1. The molecule has 0 saturated heterocycles. The minimum absolute atomic E-state index is 0.0633. The Labute approximate surface area is 129 Å². The molecule has 7 nitrogen and oxygen atoms in total. The lowest BCUT2D eigenvalue weighted by Gasteiger charge is -2.26. The Morgan fingerprint density at radius 2 is 2.09 bits per heavy atom. The summed E-state index contributed by atoms with van der Waals surface area (Å²) in [6, 6.07) is 9.25. The van der Waals surface area contributed by atoms with Crippen molar-refractivity contribution in [3.8, 4) is 0 Å². The smallest absolute Gasteiger partial charge is 0.248 e. The summed E-state index contributed by atoms with van der Waals surface area (Å²) in [5.41, 5.74) is 1.04. The van der Waals surface area contributed by atoms with Crippen molar-refractivity contribution < 1.29 is 9.90 Å². The monoisotopic (exact) mass is 303 g/mol. The molecule has 1 unspecified atom stereocenters. The number of tetrazole rings is 1. The van der Waals surface area contributed by atoms with Gasteiger partial charge in [0.2, 0.25) is 5.91 Å². The summed E-state index contributed by atoms with van der Waals surface area (Å²) in [5, 5.41) is 20.6. The van der Waals surface area contributed by atoms with Gasteiger partial charge in [0.05, 0.1) is 6.61 Å². The molecule has 0 bridgehead atoms. The normalized spacial score (nSPS) is 12.1. The Balaban J connectivity index is 2.29. The third-order valence-corrected chi connectivity index (χ3v) is 3.57. The summed E-state index contributed by atoms with van der Waals surface area (Å²) in [6.07, 6.45) is 0.507. The van der Waals surface area contributed by atoms with Gasteiger partial charge in [-0.3, -0.25) is 4.79 Å². The quantitative estimate of drug-likeness (QED) is 0.810. The maximum atomic E-state index is 12.8. The van der Waals surface area contributed by atoms with E-state index in [0.717, 1.165) is 5.56 Å². The molecule has 0 spiro atoms. The van der Waals surface area contributed by atoms with Crippen molar-refractivity contribution in [2.75, 3.05) is 19.7 Å². The van der Waals surface area contributed by atoms with Crippen LogP contribution in [0.1, 0.15) is 24.4 Å². The molecular formula is C15H21N5O2. The number of amides is 1. The second-order valence-electron chi connectivity index (χ2n) is 5.02. The molecule has 1 N–H and O–H groups in total. The van der Waals surface area contributed by atoms with Gasteiger partial charge in [0.25, 0.3) is 0 Å². The van der Waals surface area contributed by atoms with Crippen molar-refractivity contribution in [3.05, 3.63) is 41.7 Å². The largest absolute Gasteiger partial charge is 0.395 e. The van der Waals surface area contributed by atoms with Crippen molar-refractivity contribution in [1.82, 2.24) is 25.1 Å². The fourth-order valence-electron chi connectivity index (χ4n) is 2.40. The lowest BCUT2D eigenvalue weighted by atomic mass is 10.0. The highest BCUT2D eigenvalue weighted by molar-refractivity contribution is 5.80. The van der Waals surface area contributed by atoms with Gasteiger partial charge in [-0.25, -0.2) is 4.68 Å². The highest BCUT2D eigenvalue weighted by Gasteiger charge is 2.27. The van der Waals surface area contributed by atoms with E-state index in [9.17, 15) is 4.79 Å². The van der Waals surface area contributed by atoms with Crippen molar-refractivity contribution in [1.29, 1.82) is 0 Å². The van der Waals surface area contributed by atoms with Gasteiger partial charge in [0.15, 0.2) is 0 Å². The number of hydrogen-bond donors (Lipinski definition) is 1. The van der Waals surface area contributed by atoms with Gasteiger partial charge in [0, 0.05) is 19.5 Å². The topological polar surface area (TPSA) is 84.1 Å². The minimum atomic E-state index is -0.510. The van der Waals surface area contributed by atoms with Crippen LogP contribution < -0.4 is 0 Å². The summed E-state index contributed by atoms with van der Waals surface area (Å²) < 4.78 is 1.55. The molecular weight excluding hydrogens is 282 g/mol. The standard InChI is InChI=1S/C15H21N5O2/c1-3-19(9-10-21)15(22)14(20-12(2)16-17-18-20)11-13-7-5-4-6-8-13/h4-8,14,21H,3,9-11H2,1-2H3. The molecule has 2 aromatic rings. The van der Waals surface area contributed by atoms with E-state index in [-0.39, 0.29) is 12.5 Å². The lowest BCUT2D eigenvalue weighted by molar-refractivity contribution is -0.135. The van der Waals surface area contributed by atoms with Gasteiger partial charge in [-0.15, -0.1) is 5.10 Å². The van der Waals surface area contributed by atoms with E-state index in [2.05, 4.69) is 15.5 Å². The Morgan fingerprint density at radius 3 is 2.64 bits per heavy atom. The molecule has 0 aliphatic heterocycles. The summed E-state index contributed by atoms with van der Waals surface area (Å²) >= 11 is 0. The first-order chi connectivity index (χ1) is 10.7. The number of aliphatic hydroxyl groups is 1. The molecule has 1 aromatic carbocycles. The van der Waals surface area contributed by atoms with Crippen LogP contribution in [-0.4, -0.2) is 55.8 Å². The third-order valence-electron chi connectivity index (χ3n) is 3.57. The Hall–Kier alpha value is -2.28. The van der Waals surface area contributed by atoms with Crippen molar-refractivity contribution >= 4 is 5.91 Å².